The van der Waals surface area contributed by atoms with Crippen LogP contribution in [0, 0.1) is 34.5 Å². The molecule has 0 heterocycles. The second-order valence-corrected chi connectivity index (χ2v) is 10.2. The van der Waals surface area contributed by atoms with Gasteiger partial charge in [0.15, 0.2) is 0 Å². The third kappa shape index (κ3) is 2.74. The molecular formula is C21H36N4O2. The zero-order valence-corrected chi connectivity index (χ0v) is 16.8. The van der Waals surface area contributed by atoms with E-state index in [4.69, 9.17) is 11.5 Å². The molecular weight excluding hydrogens is 340 g/mol. The van der Waals surface area contributed by atoms with E-state index in [1.807, 2.05) is 6.21 Å². The summed E-state index contributed by atoms with van der Waals surface area (Å²) in [4.78, 5) is 0. The molecule has 0 amide bonds. The lowest BCUT2D eigenvalue weighted by molar-refractivity contribution is -0.206. The average molecular weight is 377 g/mol. The summed E-state index contributed by atoms with van der Waals surface area (Å²) in [6.45, 7) is 4.69. The van der Waals surface area contributed by atoms with Crippen LogP contribution in [0.5, 0.6) is 0 Å². The van der Waals surface area contributed by atoms with Crippen molar-refractivity contribution in [1.82, 2.24) is 0 Å². The molecule has 4 fully saturated rings. The molecule has 152 valence electrons. The monoisotopic (exact) mass is 376 g/mol. The van der Waals surface area contributed by atoms with E-state index in [0.29, 0.717) is 17.8 Å². The van der Waals surface area contributed by atoms with Crippen LogP contribution in [0.3, 0.4) is 0 Å². The maximum atomic E-state index is 12.0. The minimum absolute atomic E-state index is 0.0286. The molecule has 0 aliphatic heterocycles. The third-order valence-electron chi connectivity index (χ3n) is 9.32. The number of nitrogens with two attached hydrogens (primary N) is 2. The molecule has 4 rings (SSSR count). The van der Waals surface area contributed by atoms with E-state index in [2.05, 4.69) is 24.1 Å². The highest BCUT2D eigenvalue weighted by atomic mass is 16.3. The molecule has 27 heavy (non-hydrogen) atoms. The Morgan fingerprint density at radius 2 is 1.78 bits per heavy atom. The maximum Gasteiger partial charge on any atom is 0.211 e. The molecule has 0 radical (unpaired) electrons. The molecule has 3 unspecified atom stereocenters. The van der Waals surface area contributed by atoms with Crippen LogP contribution in [-0.4, -0.2) is 34.1 Å². The van der Waals surface area contributed by atoms with Crippen molar-refractivity contribution in [3.05, 3.63) is 0 Å². The first-order valence-corrected chi connectivity index (χ1v) is 10.7. The van der Waals surface area contributed by atoms with E-state index in [-0.39, 0.29) is 28.8 Å². The average Bonchev–Trinajstić information content (AvgIpc) is 2.87. The third-order valence-corrected chi connectivity index (χ3v) is 9.32. The van der Waals surface area contributed by atoms with Crippen molar-refractivity contribution in [2.24, 2.45) is 56.2 Å². The van der Waals surface area contributed by atoms with Gasteiger partial charge in [0.05, 0.1) is 11.7 Å². The van der Waals surface area contributed by atoms with Crippen molar-refractivity contribution in [2.75, 3.05) is 0 Å². The second kappa shape index (κ2) is 6.45. The molecule has 0 aromatic rings. The Labute approximate surface area is 162 Å². The van der Waals surface area contributed by atoms with Crippen LogP contribution < -0.4 is 11.5 Å². The molecule has 0 spiro atoms. The van der Waals surface area contributed by atoms with E-state index in [1.165, 1.54) is 6.42 Å². The summed E-state index contributed by atoms with van der Waals surface area (Å²) in [7, 11) is 0. The summed E-state index contributed by atoms with van der Waals surface area (Å²) in [5.41, 5.74) is 10.3. The number of fused-ring (bicyclic) bond motifs is 5. The normalized spacial score (nSPS) is 52.1. The van der Waals surface area contributed by atoms with Crippen molar-refractivity contribution >= 4 is 12.2 Å². The Kier molecular flexibility index (Phi) is 4.58. The second-order valence-electron chi connectivity index (χ2n) is 10.2. The van der Waals surface area contributed by atoms with Gasteiger partial charge in [0.2, 0.25) is 5.96 Å². The number of hydrogen-bond donors (Lipinski definition) is 4. The minimum Gasteiger partial charge on any atom is -0.393 e. The zero-order valence-electron chi connectivity index (χ0n) is 16.8. The molecule has 6 heteroatoms. The van der Waals surface area contributed by atoms with E-state index < -0.39 is 5.60 Å². The van der Waals surface area contributed by atoms with Crippen LogP contribution in [0.4, 0.5) is 0 Å². The van der Waals surface area contributed by atoms with Gasteiger partial charge in [-0.1, -0.05) is 13.8 Å². The Bertz CT molecular complexity index is 648. The number of nitrogens with zero attached hydrogens (tertiary/aromatic N) is 2. The van der Waals surface area contributed by atoms with E-state index in [0.717, 1.165) is 51.4 Å². The highest BCUT2D eigenvalue weighted by molar-refractivity contribution is 5.76. The Balaban J connectivity index is 1.60. The van der Waals surface area contributed by atoms with E-state index in [1.54, 1.807) is 0 Å². The minimum atomic E-state index is -0.630. The molecule has 4 saturated carbocycles. The van der Waals surface area contributed by atoms with Crippen molar-refractivity contribution in [3.63, 3.8) is 0 Å². The van der Waals surface area contributed by atoms with Crippen LogP contribution in [0.1, 0.15) is 71.6 Å². The Hall–Kier alpha value is -1.14. The van der Waals surface area contributed by atoms with Crippen molar-refractivity contribution < 1.29 is 10.2 Å². The van der Waals surface area contributed by atoms with Gasteiger partial charge in [-0.05, 0) is 81.0 Å². The number of aliphatic hydroxyl groups excluding tert-OH is 1. The lowest BCUT2D eigenvalue weighted by Crippen LogP contribution is -2.62. The molecule has 4 aliphatic rings. The van der Waals surface area contributed by atoms with E-state index in [9.17, 15) is 10.2 Å². The van der Waals surface area contributed by atoms with Crippen LogP contribution in [0.2, 0.25) is 0 Å². The van der Waals surface area contributed by atoms with Crippen LogP contribution >= 0.6 is 0 Å². The predicted molar refractivity (Wildman–Crippen MR) is 107 cm³/mol. The Morgan fingerprint density at radius 3 is 2.52 bits per heavy atom. The first-order valence-electron chi connectivity index (χ1n) is 10.7. The fraction of sp³-hybridized carbons (Fsp3) is 0.905. The van der Waals surface area contributed by atoms with Gasteiger partial charge >= 0.3 is 0 Å². The summed E-state index contributed by atoms with van der Waals surface area (Å²) < 4.78 is 0. The Morgan fingerprint density at radius 1 is 1.00 bits per heavy atom. The van der Waals surface area contributed by atoms with Crippen LogP contribution in [-0.2, 0) is 0 Å². The summed E-state index contributed by atoms with van der Waals surface area (Å²) >= 11 is 0. The van der Waals surface area contributed by atoms with Crippen molar-refractivity contribution in [1.29, 1.82) is 0 Å². The van der Waals surface area contributed by atoms with Crippen LogP contribution in [0.15, 0.2) is 10.2 Å². The first-order chi connectivity index (χ1) is 12.7. The number of aliphatic hydroxyl groups is 2. The standard InChI is InChI=1S/C21H36N4O2/c1-19-8-6-15(26)11-13(19)3-4-17-16(19)7-9-20(2)14(5-10-21(17,20)27)12-24-25-18(22)23/h12-17,26-27H,3-11H2,1-2H3,(H4,22,23,25)/b24-12+/t13?,14?,15?,16-,17-,19+,20-,21-/m1/s1. The molecule has 6 nitrogen and oxygen atoms in total. The predicted octanol–water partition coefficient (Wildman–Crippen LogP) is 2.38. The highest BCUT2D eigenvalue weighted by Crippen LogP contribution is 2.68. The summed E-state index contributed by atoms with van der Waals surface area (Å²) in [6.07, 6.45) is 10.9. The molecule has 0 saturated heterocycles. The van der Waals surface area contributed by atoms with Gasteiger partial charge in [0.1, 0.15) is 0 Å². The van der Waals surface area contributed by atoms with Crippen LogP contribution in [0.25, 0.3) is 0 Å². The number of rotatable bonds is 2. The van der Waals surface area contributed by atoms with E-state index >= 15 is 0 Å². The van der Waals surface area contributed by atoms with Gasteiger partial charge in [-0.2, -0.15) is 5.10 Å². The summed E-state index contributed by atoms with van der Waals surface area (Å²) in [5.74, 6) is 1.71. The lowest BCUT2D eigenvalue weighted by atomic mass is 9.43. The van der Waals surface area contributed by atoms with Crippen molar-refractivity contribution in [2.45, 2.75) is 83.3 Å². The maximum absolute atomic E-state index is 12.0. The van der Waals surface area contributed by atoms with Gasteiger partial charge in [-0.15, -0.1) is 5.10 Å². The largest absolute Gasteiger partial charge is 0.393 e. The number of guanidine groups is 1. The summed E-state index contributed by atoms with van der Waals surface area (Å²) in [5, 5.41) is 30.0. The molecule has 0 aromatic carbocycles. The van der Waals surface area contributed by atoms with Gasteiger partial charge in [-0.3, -0.25) is 0 Å². The zero-order chi connectivity index (χ0) is 19.4. The molecule has 8 atom stereocenters. The fourth-order valence-electron chi connectivity index (χ4n) is 7.66. The molecule has 4 aliphatic carbocycles. The van der Waals surface area contributed by atoms with Gasteiger partial charge in [0, 0.05) is 17.5 Å². The molecule has 0 aromatic heterocycles. The first kappa shape index (κ1) is 19.2. The van der Waals surface area contributed by atoms with Crippen molar-refractivity contribution in [3.8, 4) is 0 Å². The highest BCUT2D eigenvalue weighted by Gasteiger charge is 2.66. The quantitative estimate of drug-likeness (QED) is 0.336. The lowest BCUT2D eigenvalue weighted by Gasteiger charge is -2.63. The fourth-order valence-corrected chi connectivity index (χ4v) is 7.66. The topological polar surface area (TPSA) is 117 Å². The van der Waals surface area contributed by atoms with Gasteiger partial charge < -0.3 is 21.7 Å². The molecule has 0 bridgehead atoms. The smallest absolute Gasteiger partial charge is 0.211 e. The number of hydrogen-bond acceptors (Lipinski definition) is 4. The van der Waals surface area contributed by atoms with Gasteiger partial charge in [-0.25, -0.2) is 0 Å². The van der Waals surface area contributed by atoms with Gasteiger partial charge in [0.25, 0.3) is 0 Å². The summed E-state index contributed by atoms with van der Waals surface area (Å²) in [6, 6.07) is 0. The molecule has 6 N–H and O–H groups in total. The SMILES string of the molecule is C[C@]12CCC(O)CC1CC[C@@H]1[C@H]2CC[C@]2(C)C(/C=N/N=C(N)N)CC[C@@]12O.